The van der Waals surface area contributed by atoms with Crippen molar-refractivity contribution in [1.29, 1.82) is 0 Å². The third-order valence-corrected chi connectivity index (χ3v) is 4.59. The summed E-state index contributed by atoms with van der Waals surface area (Å²) in [7, 11) is 0. The van der Waals surface area contributed by atoms with Gasteiger partial charge in [-0.15, -0.1) is 0 Å². The Morgan fingerprint density at radius 2 is 1.82 bits per heavy atom. The molecule has 3 atom stereocenters. The summed E-state index contributed by atoms with van der Waals surface area (Å²) < 4.78 is 6.71. The van der Waals surface area contributed by atoms with E-state index in [2.05, 4.69) is 15.9 Å². The first-order valence-electron chi connectivity index (χ1n) is 7.22. The highest BCUT2D eigenvalue weighted by Gasteiger charge is 2.44. The fraction of sp³-hybridized carbons (Fsp3) is 0.294. The van der Waals surface area contributed by atoms with Gasteiger partial charge in [0.25, 0.3) is 0 Å². The Bertz CT molecular complexity index is 662. The Balaban J connectivity index is 1.98. The molecule has 2 aromatic rings. The van der Waals surface area contributed by atoms with E-state index in [0.717, 1.165) is 15.6 Å². The van der Waals surface area contributed by atoms with Crippen LogP contribution in [0.2, 0.25) is 0 Å². The lowest BCUT2D eigenvalue weighted by Crippen LogP contribution is -2.39. The van der Waals surface area contributed by atoms with Crippen molar-refractivity contribution in [1.82, 2.24) is 0 Å². The predicted molar refractivity (Wildman–Crippen MR) is 87.4 cm³/mol. The highest BCUT2D eigenvalue weighted by atomic mass is 79.9. The van der Waals surface area contributed by atoms with E-state index in [1.54, 1.807) is 0 Å². The maximum absolute atomic E-state index is 11.7. The van der Waals surface area contributed by atoms with Crippen molar-refractivity contribution in [2.45, 2.75) is 24.5 Å². The van der Waals surface area contributed by atoms with Gasteiger partial charge in [0, 0.05) is 16.0 Å². The number of hydrogen-bond donors (Lipinski definition) is 0. The standard InChI is InChI=1S/C17H16BrNO3/c18-14-8-4-7-13(11-14)15-9-10-22-17(16(15)19(20)21)12-5-2-1-3-6-12/h1-8,11,15-17H,9-10H2/t15-,16+,17+/m1/s1. The Kier molecular flexibility index (Phi) is 4.55. The van der Waals surface area contributed by atoms with Crippen LogP contribution >= 0.6 is 15.9 Å². The van der Waals surface area contributed by atoms with Crippen LogP contribution in [-0.4, -0.2) is 17.6 Å². The molecule has 4 nitrogen and oxygen atoms in total. The maximum Gasteiger partial charge on any atom is 0.249 e. The smallest absolute Gasteiger partial charge is 0.249 e. The molecule has 0 spiro atoms. The summed E-state index contributed by atoms with van der Waals surface area (Å²) in [5.41, 5.74) is 1.85. The van der Waals surface area contributed by atoms with Gasteiger partial charge in [-0.1, -0.05) is 58.4 Å². The zero-order valence-corrected chi connectivity index (χ0v) is 13.5. The minimum Gasteiger partial charge on any atom is -0.366 e. The second kappa shape index (κ2) is 6.58. The van der Waals surface area contributed by atoms with Crippen LogP contribution in [0.5, 0.6) is 0 Å². The second-order valence-corrected chi connectivity index (χ2v) is 6.34. The highest BCUT2D eigenvalue weighted by Crippen LogP contribution is 2.39. The fourth-order valence-corrected chi connectivity index (χ4v) is 3.51. The Hall–Kier alpha value is -1.72. The van der Waals surface area contributed by atoms with E-state index in [1.807, 2.05) is 54.6 Å². The van der Waals surface area contributed by atoms with E-state index in [9.17, 15) is 10.1 Å². The number of hydrogen-bond acceptors (Lipinski definition) is 3. The Morgan fingerprint density at radius 1 is 1.09 bits per heavy atom. The topological polar surface area (TPSA) is 52.4 Å². The zero-order chi connectivity index (χ0) is 15.5. The average Bonchev–Trinajstić information content (AvgIpc) is 2.55. The van der Waals surface area contributed by atoms with Crippen LogP contribution in [-0.2, 0) is 4.74 Å². The minimum absolute atomic E-state index is 0.147. The maximum atomic E-state index is 11.7. The van der Waals surface area contributed by atoms with Gasteiger partial charge in [0.15, 0.2) is 6.10 Å². The quantitative estimate of drug-likeness (QED) is 0.603. The van der Waals surface area contributed by atoms with E-state index >= 15 is 0 Å². The molecule has 0 aromatic heterocycles. The molecule has 0 aliphatic carbocycles. The van der Waals surface area contributed by atoms with E-state index in [1.165, 1.54) is 0 Å². The van der Waals surface area contributed by atoms with E-state index < -0.39 is 12.1 Å². The summed E-state index contributed by atoms with van der Waals surface area (Å²) in [6, 6.07) is 16.5. The lowest BCUT2D eigenvalue weighted by Gasteiger charge is -2.33. The van der Waals surface area contributed by atoms with Crippen molar-refractivity contribution in [2.75, 3.05) is 6.61 Å². The summed E-state index contributed by atoms with van der Waals surface area (Å²) in [6.07, 6.45) is 0.153. The summed E-state index contributed by atoms with van der Waals surface area (Å²) in [4.78, 5) is 11.5. The molecule has 0 unspecified atom stereocenters. The molecule has 1 aliphatic rings. The van der Waals surface area contributed by atoms with E-state index in [-0.39, 0.29) is 10.8 Å². The molecule has 5 heteroatoms. The Morgan fingerprint density at radius 3 is 2.50 bits per heavy atom. The summed E-state index contributed by atoms with van der Waals surface area (Å²) in [5, 5.41) is 11.7. The first-order valence-corrected chi connectivity index (χ1v) is 8.01. The van der Waals surface area contributed by atoms with Crippen LogP contribution in [0.25, 0.3) is 0 Å². The van der Waals surface area contributed by atoms with Gasteiger partial charge in [-0.2, -0.15) is 0 Å². The van der Waals surface area contributed by atoms with Gasteiger partial charge in [0.05, 0.1) is 5.92 Å². The van der Waals surface area contributed by atoms with Crippen LogP contribution in [0.4, 0.5) is 0 Å². The number of nitrogens with zero attached hydrogens (tertiary/aromatic N) is 1. The molecule has 0 bridgehead atoms. The molecule has 0 N–H and O–H groups in total. The van der Waals surface area contributed by atoms with Gasteiger partial charge in [-0.05, 0) is 29.7 Å². The predicted octanol–water partition coefficient (Wildman–Crippen LogP) is 4.34. The summed E-state index contributed by atoms with van der Waals surface area (Å²) >= 11 is 3.44. The number of halogens is 1. The van der Waals surface area contributed by atoms with Crippen LogP contribution < -0.4 is 0 Å². The minimum atomic E-state index is -0.773. The van der Waals surface area contributed by atoms with Gasteiger partial charge < -0.3 is 4.74 Å². The number of benzene rings is 2. The second-order valence-electron chi connectivity index (χ2n) is 5.43. The summed E-state index contributed by atoms with van der Waals surface area (Å²) in [6.45, 7) is 0.529. The van der Waals surface area contributed by atoms with Crippen molar-refractivity contribution in [3.05, 3.63) is 80.3 Å². The molecule has 0 amide bonds. The first-order chi connectivity index (χ1) is 10.7. The van der Waals surface area contributed by atoms with Crippen LogP contribution in [0.15, 0.2) is 59.1 Å². The molecule has 1 saturated heterocycles. The highest BCUT2D eigenvalue weighted by molar-refractivity contribution is 9.10. The molecule has 0 radical (unpaired) electrons. The van der Waals surface area contributed by atoms with Gasteiger partial charge in [-0.3, -0.25) is 10.1 Å². The van der Waals surface area contributed by atoms with Gasteiger partial charge in [0.2, 0.25) is 6.04 Å². The lowest BCUT2D eigenvalue weighted by molar-refractivity contribution is -0.546. The molecular formula is C17H16BrNO3. The van der Waals surface area contributed by atoms with Crippen molar-refractivity contribution in [3.63, 3.8) is 0 Å². The fourth-order valence-electron chi connectivity index (χ4n) is 3.10. The number of nitro groups is 1. The normalized spacial score (nSPS) is 24.9. The van der Waals surface area contributed by atoms with E-state index in [0.29, 0.717) is 13.0 Å². The first kappa shape index (κ1) is 15.2. The molecular weight excluding hydrogens is 346 g/mol. The molecule has 3 rings (SSSR count). The van der Waals surface area contributed by atoms with Gasteiger partial charge in [-0.25, -0.2) is 0 Å². The third-order valence-electron chi connectivity index (χ3n) is 4.10. The average molecular weight is 362 g/mol. The van der Waals surface area contributed by atoms with Gasteiger partial charge in [0.1, 0.15) is 0 Å². The Labute approximate surface area is 137 Å². The molecule has 1 fully saturated rings. The molecule has 1 aliphatic heterocycles. The largest absolute Gasteiger partial charge is 0.366 e. The number of ether oxygens (including phenoxy) is 1. The number of rotatable bonds is 3. The van der Waals surface area contributed by atoms with E-state index in [4.69, 9.17) is 4.74 Å². The molecule has 0 saturated carbocycles. The van der Waals surface area contributed by atoms with Gasteiger partial charge >= 0.3 is 0 Å². The molecule has 22 heavy (non-hydrogen) atoms. The molecule has 114 valence electrons. The molecule has 1 heterocycles. The van der Waals surface area contributed by atoms with Crippen molar-refractivity contribution >= 4 is 15.9 Å². The van der Waals surface area contributed by atoms with Crippen molar-refractivity contribution in [3.8, 4) is 0 Å². The van der Waals surface area contributed by atoms with Crippen LogP contribution in [0.1, 0.15) is 29.6 Å². The SMILES string of the molecule is O=[N+]([O-])[C@H]1[C@@H](c2cccc(Br)c2)CCO[C@H]1c1ccccc1. The van der Waals surface area contributed by atoms with Crippen LogP contribution in [0, 0.1) is 10.1 Å². The third kappa shape index (κ3) is 3.05. The lowest BCUT2D eigenvalue weighted by atomic mass is 9.82. The summed E-state index contributed by atoms with van der Waals surface area (Å²) in [5.74, 6) is -0.147. The molecule has 2 aromatic carbocycles. The van der Waals surface area contributed by atoms with Crippen LogP contribution in [0.3, 0.4) is 0 Å². The monoisotopic (exact) mass is 361 g/mol. The van der Waals surface area contributed by atoms with Crippen molar-refractivity contribution < 1.29 is 9.66 Å². The van der Waals surface area contributed by atoms with Crippen molar-refractivity contribution in [2.24, 2.45) is 0 Å². The zero-order valence-electron chi connectivity index (χ0n) is 11.9.